The van der Waals surface area contributed by atoms with Crippen molar-refractivity contribution in [3.63, 3.8) is 0 Å². The summed E-state index contributed by atoms with van der Waals surface area (Å²) < 4.78 is 5.91. The van der Waals surface area contributed by atoms with Crippen LogP contribution in [0.25, 0.3) is 11.0 Å². The Morgan fingerprint density at radius 2 is 2.08 bits per heavy atom. The Morgan fingerprint density at radius 3 is 2.76 bits per heavy atom. The van der Waals surface area contributed by atoms with E-state index in [4.69, 9.17) is 9.41 Å². The van der Waals surface area contributed by atoms with Gasteiger partial charge in [-0.25, -0.2) is 0 Å². The van der Waals surface area contributed by atoms with Crippen LogP contribution in [-0.2, 0) is 6.54 Å². The molecular formula is C20H31N3O2. The Labute approximate surface area is 150 Å². The van der Waals surface area contributed by atoms with Crippen molar-refractivity contribution < 1.29 is 9.52 Å². The number of guanidine groups is 1. The van der Waals surface area contributed by atoms with Crippen molar-refractivity contribution in [2.45, 2.75) is 39.7 Å². The molecule has 0 aliphatic carbocycles. The van der Waals surface area contributed by atoms with Crippen molar-refractivity contribution >= 4 is 16.9 Å². The number of hydrogen-bond donors (Lipinski definition) is 2. The largest absolute Gasteiger partial charge is 0.459 e. The lowest BCUT2D eigenvalue weighted by atomic mass is 10.0. The average molecular weight is 345 g/mol. The van der Waals surface area contributed by atoms with Crippen LogP contribution in [0.2, 0.25) is 0 Å². The third-order valence-corrected chi connectivity index (χ3v) is 4.30. The zero-order valence-electron chi connectivity index (χ0n) is 15.7. The minimum absolute atomic E-state index is 0.228. The molecule has 1 atom stereocenters. The van der Waals surface area contributed by atoms with Crippen LogP contribution in [0, 0.1) is 5.92 Å². The summed E-state index contributed by atoms with van der Waals surface area (Å²) in [5.74, 6) is 2.24. The van der Waals surface area contributed by atoms with Gasteiger partial charge in [-0.1, -0.05) is 31.5 Å². The molecule has 0 saturated heterocycles. The summed E-state index contributed by atoms with van der Waals surface area (Å²) in [6, 6.07) is 10.1. The molecule has 25 heavy (non-hydrogen) atoms. The van der Waals surface area contributed by atoms with E-state index < -0.39 is 0 Å². The van der Waals surface area contributed by atoms with Gasteiger partial charge in [-0.2, -0.15) is 0 Å². The van der Waals surface area contributed by atoms with Gasteiger partial charge in [-0.3, -0.25) is 4.99 Å². The fraction of sp³-hybridized carbons (Fsp3) is 0.550. The summed E-state index contributed by atoms with van der Waals surface area (Å²) in [5.41, 5.74) is 0.916. The monoisotopic (exact) mass is 345 g/mol. The van der Waals surface area contributed by atoms with Crippen molar-refractivity contribution in [1.82, 2.24) is 10.2 Å². The highest BCUT2D eigenvalue weighted by atomic mass is 16.3. The summed E-state index contributed by atoms with van der Waals surface area (Å²) in [7, 11) is 2.02. The summed E-state index contributed by atoms with van der Waals surface area (Å²) in [6.45, 7) is 6.70. The number of nitrogens with one attached hydrogen (secondary N) is 1. The quantitative estimate of drug-likeness (QED) is 0.538. The molecular weight excluding hydrogens is 314 g/mol. The molecule has 2 rings (SSSR count). The maximum absolute atomic E-state index is 9.22. The van der Waals surface area contributed by atoms with E-state index in [1.165, 1.54) is 0 Å². The average Bonchev–Trinajstić information content (AvgIpc) is 3.00. The number of para-hydroxylation sites is 1. The summed E-state index contributed by atoms with van der Waals surface area (Å²) in [6.07, 6.45) is 3.02. The lowest BCUT2D eigenvalue weighted by Gasteiger charge is -2.22. The minimum Gasteiger partial charge on any atom is -0.459 e. The molecule has 0 bridgehead atoms. The van der Waals surface area contributed by atoms with E-state index in [9.17, 15) is 5.11 Å². The number of nitrogens with zero attached hydrogens (tertiary/aromatic N) is 2. The van der Waals surface area contributed by atoms with Gasteiger partial charge in [0, 0.05) is 32.1 Å². The second-order valence-corrected chi connectivity index (χ2v) is 6.47. The van der Waals surface area contributed by atoms with Crippen LogP contribution in [0.3, 0.4) is 0 Å². The lowest BCUT2D eigenvalue weighted by Crippen LogP contribution is -2.38. The van der Waals surface area contributed by atoms with E-state index in [1.807, 2.05) is 25.2 Å². The standard InChI is InChI=1S/C20H31N3O2/c1-4-8-16(11-12-24)14-22-20(21-5-2)23(3)15-18-13-17-9-6-7-10-19(17)25-18/h6-7,9-10,13,16,24H,4-5,8,11-12,14-15H2,1-3H3,(H,21,22). The molecule has 2 N–H and O–H groups in total. The Morgan fingerprint density at radius 1 is 1.28 bits per heavy atom. The molecule has 1 heterocycles. The van der Waals surface area contributed by atoms with E-state index in [1.54, 1.807) is 0 Å². The van der Waals surface area contributed by atoms with E-state index in [0.717, 1.165) is 55.0 Å². The number of benzene rings is 1. The molecule has 5 heteroatoms. The van der Waals surface area contributed by atoms with Crippen molar-refractivity contribution in [2.24, 2.45) is 10.9 Å². The van der Waals surface area contributed by atoms with Crippen molar-refractivity contribution in [3.8, 4) is 0 Å². The van der Waals surface area contributed by atoms with Gasteiger partial charge >= 0.3 is 0 Å². The number of rotatable bonds is 9. The predicted molar refractivity (Wildman–Crippen MR) is 104 cm³/mol. The molecule has 0 amide bonds. The topological polar surface area (TPSA) is 61.0 Å². The number of aliphatic hydroxyl groups is 1. The second-order valence-electron chi connectivity index (χ2n) is 6.47. The third kappa shape index (κ3) is 5.78. The molecule has 0 radical (unpaired) electrons. The van der Waals surface area contributed by atoms with Gasteiger partial charge in [0.25, 0.3) is 0 Å². The van der Waals surface area contributed by atoms with Crippen LogP contribution in [0.15, 0.2) is 39.7 Å². The van der Waals surface area contributed by atoms with Crippen molar-refractivity contribution in [3.05, 3.63) is 36.1 Å². The lowest BCUT2D eigenvalue weighted by molar-refractivity contribution is 0.253. The van der Waals surface area contributed by atoms with Crippen LogP contribution in [0.5, 0.6) is 0 Å². The zero-order valence-corrected chi connectivity index (χ0v) is 15.7. The Bertz CT molecular complexity index is 627. The first kappa shape index (κ1) is 19.3. The minimum atomic E-state index is 0.228. The molecule has 0 aliphatic rings. The normalized spacial score (nSPS) is 13.2. The maximum atomic E-state index is 9.22. The van der Waals surface area contributed by atoms with Crippen molar-refractivity contribution in [1.29, 1.82) is 0 Å². The molecule has 0 saturated carbocycles. The number of hydrogen-bond acceptors (Lipinski definition) is 3. The first-order valence-electron chi connectivity index (χ1n) is 9.25. The SMILES string of the molecule is CCCC(CCO)CN=C(NCC)N(C)Cc1cc2ccccc2o1. The van der Waals surface area contributed by atoms with Crippen LogP contribution in [0.4, 0.5) is 0 Å². The van der Waals surface area contributed by atoms with E-state index in [0.29, 0.717) is 12.5 Å². The molecule has 0 aliphatic heterocycles. The smallest absolute Gasteiger partial charge is 0.194 e. The van der Waals surface area contributed by atoms with E-state index in [2.05, 4.69) is 36.2 Å². The molecule has 138 valence electrons. The van der Waals surface area contributed by atoms with E-state index >= 15 is 0 Å². The second kappa shape index (κ2) is 10.1. The molecule has 1 aromatic carbocycles. The fourth-order valence-electron chi connectivity index (χ4n) is 3.03. The van der Waals surface area contributed by atoms with Gasteiger partial charge in [0.1, 0.15) is 11.3 Å². The highest BCUT2D eigenvalue weighted by Crippen LogP contribution is 2.19. The third-order valence-electron chi connectivity index (χ3n) is 4.30. The van der Waals surface area contributed by atoms with Crippen molar-refractivity contribution in [2.75, 3.05) is 26.7 Å². The molecule has 5 nitrogen and oxygen atoms in total. The van der Waals surface area contributed by atoms with Crippen LogP contribution in [-0.4, -0.2) is 42.7 Å². The van der Waals surface area contributed by atoms with E-state index in [-0.39, 0.29) is 6.61 Å². The highest BCUT2D eigenvalue weighted by Gasteiger charge is 2.12. The number of fused-ring (bicyclic) bond motifs is 1. The summed E-state index contributed by atoms with van der Waals surface area (Å²) in [5, 5.41) is 13.7. The highest BCUT2D eigenvalue weighted by molar-refractivity contribution is 5.80. The van der Waals surface area contributed by atoms with Gasteiger partial charge in [-0.05, 0) is 37.8 Å². The van der Waals surface area contributed by atoms with Gasteiger partial charge < -0.3 is 19.7 Å². The Balaban J connectivity index is 2.05. The van der Waals surface area contributed by atoms with Crippen LogP contribution < -0.4 is 5.32 Å². The van der Waals surface area contributed by atoms with Crippen LogP contribution in [0.1, 0.15) is 38.9 Å². The zero-order chi connectivity index (χ0) is 18.1. The maximum Gasteiger partial charge on any atom is 0.194 e. The summed E-state index contributed by atoms with van der Waals surface area (Å²) >= 11 is 0. The molecule has 2 aromatic rings. The fourth-order valence-corrected chi connectivity index (χ4v) is 3.03. The van der Waals surface area contributed by atoms with Gasteiger partial charge in [-0.15, -0.1) is 0 Å². The molecule has 0 fully saturated rings. The number of aliphatic imine (C=N–C) groups is 1. The molecule has 0 spiro atoms. The number of aliphatic hydroxyl groups excluding tert-OH is 1. The number of furan rings is 1. The van der Waals surface area contributed by atoms with Crippen LogP contribution >= 0.6 is 0 Å². The molecule has 1 unspecified atom stereocenters. The predicted octanol–water partition coefficient (Wildman–Crippen LogP) is 3.63. The Kier molecular flexibility index (Phi) is 7.79. The molecule has 1 aromatic heterocycles. The van der Waals surface area contributed by atoms with Gasteiger partial charge in [0.15, 0.2) is 5.96 Å². The first-order chi connectivity index (χ1) is 12.2. The van der Waals surface area contributed by atoms with Gasteiger partial charge in [0.2, 0.25) is 0 Å². The van der Waals surface area contributed by atoms with Gasteiger partial charge in [0.05, 0.1) is 6.54 Å². The summed E-state index contributed by atoms with van der Waals surface area (Å²) in [4.78, 5) is 6.87. The Hall–Kier alpha value is -2.01. The first-order valence-corrected chi connectivity index (χ1v) is 9.25.